The number of hydrogen-bond acceptors (Lipinski definition) is 10. The van der Waals surface area contributed by atoms with Gasteiger partial charge in [0.25, 0.3) is 11.7 Å². The summed E-state index contributed by atoms with van der Waals surface area (Å²) in [5, 5.41) is 32.9. The smallest absolute Gasteiger partial charge is 0.300 e. The number of carbonyl (C=O) groups is 5. The second kappa shape index (κ2) is 19.6. The average molecular weight is 649 g/mol. The largest absolute Gasteiger partial charge is 0.508 e. The minimum atomic E-state index is -1.05. The van der Waals surface area contributed by atoms with E-state index in [4.69, 9.17) is 21.4 Å². The van der Waals surface area contributed by atoms with E-state index in [1.807, 2.05) is 6.26 Å². The van der Waals surface area contributed by atoms with Gasteiger partial charge in [0.05, 0.1) is 17.5 Å². The highest BCUT2D eigenvalue weighted by molar-refractivity contribution is 7.98. The molecule has 0 aliphatic carbocycles. The number of primary amides is 1. The van der Waals surface area contributed by atoms with Crippen LogP contribution in [0.2, 0.25) is 0 Å². The normalized spacial score (nSPS) is 12.4. The van der Waals surface area contributed by atoms with Crippen molar-refractivity contribution >= 4 is 47.0 Å². The topological polar surface area (TPSA) is 248 Å². The third-order valence-electron chi connectivity index (χ3n) is 6.33. The molecule has 0 heterocycles. The lowest BCUT2D eigenvalue weighted by molar-refractivity contribution is -0.384. The standard InChI is InChI=1S/C27H36N6O7S.C2H4O2/c1-3-32(23(25(29)36)15-18-4-8-19(9-5-18)33(39)40)24(35)16-30-27(38)22(12-13-41-2)31-26(37)21(28)14-17-6-10-20(34)11-7-17;1-2(3)4/h4-11,21-23,34H,3,12-16,28H2,1-2H3,(H2,29,36)(H,30,38)(H,31,37);1H3,(H,3,4)/t21-,22+,23+;/m0./s1. The number of phenols is 1. The summed E-state index contributed by atoms with van der Waals surface area (Å²) < 4.78 is 0. The number of thioether (sulfide) groups is 1. The number of carboxylic acids is 1. The van der Waals surface area contributed by atoms with Crippen molar-refractivity contribution in [2.45, 2.75) is 51.2 Å². The number of benzene rings is 2. The highest BCUT2D eigenvalue weighted by Crippen LogP contribution is 2.16. The van der Waals surface area contributed by atoms with Crippen LogP contribution in [-0.2, 0) is 36.8 Å². The molecular formula is C29H40N6O9S. The number of rotatable bonds is 16. The molecule has 2 rings (SSSR count). The van der Waals surface area contributed by atoms with E-state index in [1.54, 1.807) is 19.1 Å². The minimum Gasteiger partial charge on any atom is -0.508 e. The Kier molecular flexibility index (Phi) is 16.7. The van der Waals surface area contributed by atoms with Crippen LogP contribution in [0, 0.1) is 10.1 Å². The zero-order chi connectivity index (χ0) is 34.1. The van der Waals surface area contributed by atoms with Crippen LogP contribution in [0.15, 0.2) is 48.5 Å². The Hall–Kier alpha value is -4.70. The molecule has 4 amide bonds. The van der Waals surface area contributed by atoms with Gasteiger partial charge in [0.15, 0.2) is 0 Å². The van der Waals surface area contributed by atoms with Crippen molar-refractivity contribution in [3.63, 3.8) is 0 Å². The molecule has 0 aliphatic rings. The van der Waals surface area contributed by atoms with E-state index in [2.05, 4.69) is 10.6 Å². The number of carbonyl (C=O) groups excluding carboxylic acids is 4. The number of non-ortho nitro benzene ring substituents is 1. The lowest BCUT2D eigenvalue weighted by Gasteiger charge is -2.29. The summed E-state index contributed by atoms with van der Waals surface area (Å²) in [5.74, 6) is -2.65. The molecule has 15 nitrogen and oxygen atoms in total. The molecule has 3 atom stereocenters. The van der Waals surface area contributed by atoms with Gasteiger partial charge in [-0.15, -0.1) is 0 Å². The third-order valence-corrected chi connectivity index (χ3v) is 6.97. The van der Waals surface area contributed by atoms with Crippen molar-refractivity contribution in [1.29, 1.82) is 0 Å². The maximum atomic E-state index is 13.0. The Morgan fingerprint density at radius 3 is 2.02 bits per heavy atom. The number of nitro benzene ring substituents is 1. The third kappa shape index (κ3) is 14.1. The SMILES string of the molecule is CC(=O)O.CCN(C(=O)CNC(=O)[C@@H](CCSC)NC(=O)[C@@H](N)Cc1ccc(O)cc1)[C@H](Cc1ccc([N+](=O)[O-])cc1)C(N)=O. The number of likely N-dealkylation sites (N-methyl/N-ethyl adjacent to an activating group) is 1. The molecule has 0 spiro atoms. The molecule has 0 bridgehead atoms. The number of nitro groups is 1. The van der Waals surface area contributed by atoms with Gasteiger partial charge in [-0.1, -0.05) is 24.3 Å². The average Bonchev–Trinajstić information content (AvgIpc) is 2.98. The molecule has 0 aromatic heterocycles. The Morgan fingerprint density at radius 1 is 1.00 bits per heavy atom. The fraction of sp³-hybridized carbons (Fsp3) is 0.414. The molecule has 2 aromatic rings. The van der Waals surface area contributed by atoms with Crippen LogP contribution in [0.5, 0.6) is 5.75 Å². The van der Waals surface area contributed by atoms with Crippen molar-refractivity contribution < 1.29 is 39.1 Å². The molecule has 0 saturated carbocycles. The number of nitrogens with one attached hydrogen (secondary N) is 2. The summed E-state index contributed by atoms with van der Waals surface area (Å²) >= 11 is 1.48. The van der Waals surface area contributed by atoms with E-state index in [0.717, 1.165) is 12.5 Å². The number of hydrogen-bond donors (Lipinski definition) is 6. The maximum absolute atomic E-state index is 13.0. The molecule has 0 unspecified atom stereocenters. The molecule has 16 heteroatoms. The van der Waals surface area contributed by atoms with Crippen LogP contribution in [0.25, 0.3) is 0 Å². The van der Waals surface area contributed by atoms with Crippen LogP contribution >= 0.6 is 11.8 Å². The molecule has 246 valence electrons. The van der Waals surface area contributed by atoms with Gasteiger partial charge in [0.2, 0.25) is 23.6 Å². The number of phenolic OH excluding ortho intramolecular Hbond substituents is 1. The quantitative estimate of drug-likeness (QED) is 0.108. The van der Waals surface area contributed by atoms with E-state index in [1.165, 1.54) is 53.1 Å². The Morgan fingerprint density at radius 2 is 1.53 bits per heavy atom. The predicted molar refractivity (Wildman–Crippen MR) is 168 cm³/mol. The summed E-state index contributed by atoms with van der Waals surface area (Å²) in [6.45, 7) is 2.42. The van der Waals surface area contributed by atoms with E-state index < -0.39 is 59.2 Å². The van der Waals surface area contributed by atoms with Gasteiger partial charge in [-0.25, -0.2) is 0 Å². The zero-order valence-electron chi connectivity index (χ0n) is 25.3. The van der Waals surface area contributed by atoms with Gasteiger partial charge in [0.1, 0.15) is 17.8 Å². The van der Waals surface area contributed by atoms with E-state index >= 15 is 0 Å². The van der Waals surface area contributed by atoms with E-state index in [0.29, 0.717) is 17.7 Å². The first-order chi connectivity index (χ1) is 21.2. The lowest BCUT2D eigenvalue weighted by atomic mass is 10.0. The summed E-state index contributed by atoms with van der Waals surface area (Å²) in [6.07, 6.45) is 2.37. The van der Waals surface area contributed by atoms with Crippen molar-refractivity contribution in [2.24, 2.45) is 11.5 Å². The van der Waals surface area contributed by atoms with Crippen LogP contribution in [0.4, 0.5) is 5.69 Å². The molecule has 45 heavy (non-hydrogen) atoms. The van der Waals surface area contributed by atoms with Crippen molar-refractivity contribution in [1.82, 2.24) is 15.5 Å². The first kappa shape index (κ1) is 38.3. The predicted octanol–water partition coefficient (Wildman–Crippen LogP) is 0.560. The highest BCUT2D eigenvalue weighted by atomic mass is 32.2. The van der Waals surface area contributed by atoms with Crippen molar-refractivity contribution in [3.8, 4) is 5.75 Å². The van der Waals surface area contributed by atoms with Gasteiger partial charge < -0.3 is 37.2 Å². The van der Waals surface area contributed by atoms with Crippen molar-refractivity contribution in [2.75, 3.05) is 25.1 Å². The first-order valence-corrected chi connectivity index (χ1v) is 15.2. The second-order valence-corrected chi connectivity index (χ2v) is 10.8. The summed E-state index contributed by atoms with van der Waals surface area (Å²) in [5.41, 5.74) is 12.8. The fourth-order valence-corrected chi connectivity index (χ4v) is 4.53. The van der Waals surface area contributed by atoms with Crippen LogP contribution in [0.3, 0.4) is 0 Å². The zero-order valence-corrected chi connectivity index (χ0v) is 26.1. The molecule has 2 aromatic carbocycles. The van der Waals surface area contributed by atoms with Gasteiger partial charge in [0, 0.05) is 32.0 Å². The van der Waals surface area contributed by atoms with Gasteiger partial charge in [-0.2, -0.15) is 11.8 Å². The highest BCUT2D eigenvalue weighted by Gasteiger charge is 2.29. The number of aliphatic carboxylic acids is 1. The summed E-state index contributed by atoms with van der Waals surface area (Å²) in [4.78, 5) is 71.6. The number of aromatic hydroxyl groups is 1. The van der Waals surface area contributed by atoms with Crippen LogP contribution in [0.1, 0.15) is 31.4 Å². The van der Waals surface area contributed by atoms with E-state index in [-0.39, 0.29) is 30.8 Å². The Balaban J connectivity index is 0.00000238. The molecular weight excluding hydrogens is 608 g/mol. The monoisotopic (exact) mass is 648 g/mol. The van der Waals surface area contributed by atoms with Gasteiger partial charge >= 0.3 is 0 Å². The summed E-state index contributed by atoms with van der Waals surface area (Å²) in [6, 6.07) is 8.89. The molecule has 0 saturated heterocycles. The first-order valence-electron chi connectivity index (χ1n) is 13.8. The van der Waals surface area contributed by atoms with Crippen molar-refractivity contribution in [3.05, 3.63) is 69.8 Å². The minimum absolute atomic E-state index is 0.0339. The molecule has 0 aliphatic heterocycles. The molecule has 0 radical (unpaired) electrons. The van der Waals surface area contributed by atoms with Crippen LogP contribution in [-0.4, -0.2) is 92.9 Å². The number of carboxylic acid groups (broad SMARTS) is 1. The maximum Gasteiger partial charge on any atom is 0.300 e. The number of amides is 4. The van der Waals surface area contributed by atoms with Gasteiger partial charge in [-0.3, -0.25) is 34.1 Å². The Labute approximate surface area is 264 Å². The summed E-state index contributed by atoms with van der Waals surface area (Å²) in [7, 11) is 0. The lowest BCUT2D eigenvalue weighted by Crippen LogP contribution is -2.55. The number of nitrogens with zero attached hydrogens (tertiary/aromatic N) is 2. The second-order valence-electron chi connectivity index (χ2n) is 9.78. The van der Waals surface area contributed by atoms with E-state index in [9.17, 15) is 34.4 Å². The molecule has 8 N–H and O–H groups in total. The molecule has 0 fully saturated rings. The van der Waals surface area contributed by atoms with Gasteiger partial charge in [-0.05, 0) is 55.0 Å². The Bertz CT molecular complexity index is 1300. The number of nitrogens with two attached hydrogens (primary N) is 2. The fourth-order valence-electron chi connectivity index (χ4n) is 4.06. The van der Waals surface area contributed by atoms with Crippen LogP contribution < -0.4 is 22.1 Å².